The summed E-state index contributed by atoms with van der Waals surface area (Å²) in [7, 11) is 0. The molecule has 0 bridgehead atoms. The quantitative estimate of drug-likeness (QED) is 0.858. The molecule has 0 spiro atoms. The van der Waals surface area contributed by atoms with Gasteiger partial charge in [0.15, 0.2) is 0 Å². The van der Waals surface area contributed by atoms with E-state index in [0.29, 0.717) is 0 Å². The average Bonchev–Trinajstić information content (AvgIpc) is 3.03. The van der Waals surface area contributed by atoms with Crippen molar-refractivity contribution in [1.82, 2.24) is 9.97 Å². The SMILES string of the molecule is O[C@]1(c2cccs2)CCCC[C@H]1c1ncc[nH]1. The molecule has 4 heteroatoms. The van der Waals surface area contributed by atoms with Crippen molar-refractivity contribution >= 4 is 11.3 Å². The molecular formula is C13H16N2OS. The van der Waals surface area contributed by atoms with Crippen LogP contribution in [0.1, 0.15) is 42.3 Å². The second kappa shape index (κ2) is 4.27. The van der Waals surface area contributed by atoms with E-state index in [4.69, 9.17) is 0 Å². The number of nitrogens with zero attached hydrogens (tertiary/aromatic N) is 1. The van der Waals surface area contributed by atoms with Crippen LogP contribution < -0.4 is 0 Å². The summed E-state index contributed by atoms with van der Waals surface area (Å²) in [5.74, 6) is 1.02. The van der Waals surface area contributed by atoms with E-state index >= 15 is 0 Å². The maximum absolute atomic E-state index is 11.0. The van der Waals surface area contributed by atoms with Gasteiger partial charge in [-0.15, -0.1) is 11.3 Å². The number of hydrogen-bond donors (Lipinski definition) is 2. The molecular weight excluding hydrogens is 232 g/mol. The van der Waals surface area contributed by atoms with Crippen molar-refractivity contribution in [1.29, 1.82) is 0 Å². The molecule has 2 heterocycles. The van der Waals surface area contributed by atoms with Crippen LogP contribution in [0.3, 0.4) is 0 Å². The Morgan fingerprint density at radius 2 is 2.41 bits per heavy atom. The monoisotopic (exact) mass is 248 g/mol. The van der Waals surface area contributed by atoms with Crippen molar-refractivity contribution in [3.8, 4) is 0 Å². The Morgan fingerprint density at radius 1 is 1.47 bits per heavy atom. The van der Waals surface area contributed by atoms with Gasteiger partial charge in [0.25, 0.3) is 0 Å². The normalized spacial score (nSPS) is 29.4. The number of aromatic amines is 1. The second-order valence-electron chi connectivity index (χ2n) is 4.67. The number of rotatable bonds is 2. The van der Waals surface area contributed by atoms with Crippen LogP contribution in [0.4, 0.5) is 0 Å². The van der Waals surface area contributed by atoms with Gasteiger partial charge in [0.1, 0.15) is 11.4 Å². The van der Waals surface area contributed by atoms with Gasteiger partial charge < -0.3 is 10.1 Å². The van der Waals surface area contributed by atoms with Crippen LogP contribution in [-0.2, 0) is 5.60 Å². The first-order valence-electron chi connectivity index (χ1n) is 6.06. The van der Waals surface area contributed by atoms with Gasteiger partial charge in [-0.05, 0) is 24.3 Å². The molecule has 0 saturated heterocycles. The van der Waals surface area contributed by atoms with E-state index in [0.717, 1.165) is 30.0 Å². The highest BCUT2D eigenvalue weighted by atomic mass is 32.1. The van der Waals surface area contributed by atoms with Crippen LogP contribution in [-0.4, -0.2) is 15.1 Å². The zero-order valence-corrected chi connectivity index (χ0v) is 10.4. The fourth-order valence-electron chi connectivity index (χ4n) is 2.81. The Bertz CT molecular complexity index is 466. The first kappa shape index (κ1) is 11.0. The highest BCUT2D eigenvalue weighted by Crippen LogP contribution is 2.47. The van der Waals surface area contributed by atoms with Gasteiger partial charge in [-0.1, -0.05) is 18.9 Å². The average molecular weight is 248 g/mol. The van der Waals surface area contributed by atoms with Crippen molar-refractivity contribution in [2.24, 2.45) is 0 Å². The molecule has 2 N–H and O–H groups in total. The summed E-state index contributed by atoms with van der Waals surface area (Å²) in [6.45, 7) is 0. The Morgan fingerprint density at radius 3 is 3.12 bits per heavy atom. The van der Waals surface area contributed by atoms with Gasteiger partial charge in [0.2, 0.25) is 0 Å². The number of thiophene rings is 1. The molecule has 2 aromatic heterocycles. The molecule has 0 aliphatic heterocycles. The first-order chi connectivity index (χ1) is 8.31. The van der Waals surface area contributed by atoms with Crippen molar-refractivity contribution < 1.29 is 5.11 Å². The predicted octanol–water partition coefficient (Wildman–Crippen LogP) is 3.02. The van der Waals surface area contributed by atoms with E-state index in [2.05, 4.69) is 9.97 Å². The van der Waals surface area contributed by atoms with Gasteiger partial charge in [-0.2, -0.15) is 0 Å². The minimum absolute atomic E-state index is 0.102. The van der Waals surface area contributed by atoms with Gasteiger partial charge in [-0.25, -0.2) is 4.98 Å². The third-order valence-electron chi connectivity index (χ3n) is 3.67. The molecule has 0 aromatic carbocycles. The lowest BCUT2D eigenvalue weighted by atomic mass is 9.74. The smallest absolute Gasteiger partial charge is 0.112 e. The molecule has 1 aliphatic rings. The molecule has 1 fully saturated rings. The third-order valence-corrected chi connectivity index (χ3v) is 4.71. The molecule has 2 aromatic rings. The molecule has 90 valence electrons. The van der Waals surface area contributed by atoms with Crippen LogP contribution in [0.5, 0.6) is 0 Å². The number of H-pyrrole nitrogens is 1. The second-order valence-corrected chi connectivity index (χ2v) is 5.62. The van der Waals surface area contributed by atoms with E-state index in [1.165, 1.54) is 6.42 Å². The third kappa shape index (κ3) is 1.81. The molecule has 1 aliphatic carbocycles. The van der Waals surface area contributed by atoms with E-state index < -0.39 is 5.60 Å². The zero-order valence-electron chi connectivity index (χ0n) is 9.60. The molecule has 3 nitrogen and oxygen atoms in total. The molecule has 2 atom stereocenters. The van der Waals surface area contributed by atoms with Crippen LogP contribution >= 0.6 is 11.3 Å². The number of nitrogens with one attached hydrogen (secondary N) is 1. The molecule has 17 heavy (non-hydrogen) atoms. The fraction of sp³-hybridized carbons (Fsp3) is 0.462. The fourth-order valence-corrected chi connectivity index (χ4v) is 3.72. The summed E-state index contributed by atoms with van der Waals surface area (Å²) < 4.78 is 0. The topological polar surface area (TPSA) is 48.9 Å². The van der Waals surface area contributed by atoms with E-state index in [1.54, 1.807) is 17.5 Å². The van der Waals surface area contributed by atoms with E-state index in [-0.39, 0.29) is 5.92 Å². The number of imidazole rings is 1. The molecule has 0 amide bonds. The van der Waals surface area contributed by atoms with Crippen molar-refractivity contribution in [2.45, 2.75) is 37.2 Å². The number of hydrogen-bond acceptors (Lipinski definition) is 3. The molecule has 1 saturated carbocycles. The summed E-state index contributed by atoms with van der Waals surface area (Å²) >= 11 is 1.64. The lowest BCUT2D eigenvalue weighted by Gasteiger charge is -2.38. The van der Waals surface area contributed by atoms with Crippen LogP contribution in [0, 0.1) is 0 Å². The van der Waals surface area contributed by atoms with Gasteiger partial charge in [0.05, 0.1) is 5.92 Å². The largest absolute Gasteiger partial charge is 0.384 e. The van der Waals surface area contributed by atoms with Gasteiger partial charge in [-0.3, -0.25) is 0 Å². The van der Waals surface area contributed by atoms with Crippen molar-refractivity contribution in [3.05, 3.63) is 40.6 Å². The Kier molecular flexibility index (Phi) is 2.76. The first-order valence-corrected chi connectivity index (χ1v) is 6.94. The standard InChI is InChI=1S/C13H16N2OS/c16-13(11-5-3-9-17-11)6-2-1-4-10(13)12-14-7-8-15-12/h3,5,7-10,16H,1-2,4,6H2,(H,14,15)/t10-,13+/m0/s1. The lowest BCUT2D eigenvalue weighted by molar-refractivity contribution is -0.0215. The summed E-state index contributed by atoms with van der Waals surface area (Å²) in [5, 5.41) is 13.0. The van der Waals surface area contributed by atoms with Crippen LogP contribution in [0.25, 0.3) is 0 Å². The maximum atomic E-state index is 11.0. The predicted molar refractivity (Wildman–Crippen MR) is 68.0 cm³/mol. The zero-order chi connectivity index (χ0) is 11.7. The number of aromatic nitrogens is 2. The van der Waals surface area contributed by atoms with E-state index in [1.807, 2.05) is 23.7 Å². The molecule has 3 rings (SSSR count). The molecule has 0 radical (unpaired) electrons. The van der Waals surface area contributed by atoms with Gasteiger partial charge >= 0.3 is 0 Å². The van der Waals surface area contributed by atoms with Crippen LogP contribution in [0.15, 0.2) is 29.9 Å². The van der Waals surface area contributed by atoms with E-state index in [9.17, 15) is 5.11 Å². The highest BCUT2D eigenvalue weighted by molar-refractivity contribution is 7.10. The Hall–Kier alpha value is -1.13. The Balaban J connectivity index is 2.00. The Labute approximate surface area is 105 Å². The van der Waals surface area contributed by atoms with Crippen molar-refractivity contribution in [3.63, 3.8) is 0 Å². The minimum Gasteiger partial charge on any atom is -0.384 e. The summed E-state index contributed by atoms with van der Waals surface area (Å²) in [6.07, 6.45) is 7.68. The lowest BCUT2D eigenvalue weighted by Crippen LogP contribution is -2.36. The summed E-state index contributed by atoms with van der Waals surface area (Å²) in [4.78, 5) is 8.56. The van der Waals surface area contributed by atoms with Crippen molar-refractivity contribution in [2.75, 3.05) is 0 Å². The van der Waals surface area contributed by atoms with Gasteiger partial charge in [0, 0.05) is 17.3 Å². The summed E-state index contributed by atoms with van der Waals surface area (Å²) in [6, 6.07) is 4.04. The molecule has 0 unspecified atom stereocenters. The van der Waals surface area contributed by atoms with Crippen LogP contribution in [0.2, 0.25) is 0 Å². The highest BCUT2D eigenvalue weighted by Gasteiger charge is 2.43. The minimum atomic E-state index is -0.732. The number of aliphatic hydroxyl groups is 1. The summed E-state index contributed by atoms with van der Waals surface area (Å²) in [5.41, 5.74) is -0.732. The maximum Gasteiger partial charge on any atom is 0.112 e.